The van der Waals surface area contributed by atoms with E-state index in [0.717, 1.165) is 0 Å². The molecule has 0 unspecified atom stereocenters. The van der Waals surface area contributed by atoms with E-state index in [-0.39, 0.29) is 24.5 Å². The number of likely N-dealkylation sites (tertiary alicyclic amines) is 1. The molecule has 1 atom stereocenters. The Hall–Kier alpha value is -1.30. The van der Waals surface area contributed by atoms with Crippen molar-refractivity contribution in [2.24, 2.45) is 5.92 Å². The molecule has 0 aliphatic carbocycles. The second-order valence-corrected chi connectivity index (χ2v) is 4.33. The Bertz CT molecular complexity index is 273. The van der Waals surface area contributed by atoms with Crippen LogP contribution in [0.5, 0.6) is 0 Å². The molecule has 0 aromatic carbocycles. The van der Waals surface area contributed by atoms with Gasteiger partial charge in [0.05, 0.1) is 13.2 Å². The van der Waals surface area contributed by atoms with E-state index in [4.69, 9.17) is 5.11 Å². The molecule has 1 fully saturated rings. The van der Waals surface area contributed by atoms with Crippen molar-refractivity contribution in [2.75, 3.05) is 26.7 Å². The van der Waals surface area contributed by atoms with Gasteiger partial charge in [0.2, 0.25) is 5.91 Å². The maximum atomic E-state index is 11.7. The number of aliphatic hydroxyl groups excluding tert-OH is 1. The zero-order valence-electron chi connectivity index (χ0n) is 10.3. The van der Waals surface area contributed by atoms with Gasteiger partial charge < -0.3 is 20.1 Å². The summed E-state index contributed by atoms with van der Waals surface area (Å²) in [7, 11) is 1.35. The molecule has 1 heterocycles. The molecule has 98 valence electrons. The zero-order valence-corrected chi connectivity index (χ0v) is 10.3. The molecule has 2 N–H and O–H groups in total. The summed E-state index contributed by atoms with van der Waals surface area (Å²) in [5.41, 5.74) is 0. The number of carbonyl (C=O) groups excluding carboxylic acids is 2. The summed E-state index contributed by atoms with van der Waals surface area (Å²) in [6.45, 7) is 2.98. The monoisotopic (exact) mass is 244 g/mol. The summed E-state index contributed by atoms with van der Waals surface area (Å²) in [6.07, 6.45) is 0.406. The average molecular weight is 244 g/mol. The van der Waals surface area contributed by atoms with Crippen LogP contribution in [-0.2, 0) is 9.53 Å². The lowest BCUT2D eigenvalue weighted by Crippen LogP contribution is -2.44. The number of piperidine rings is 1. The molecular weight excluding hydrogens is 224 g/mol. The molecule has 17 heavy (non-hydrogen) atoms. The van der Waals surface area contributed by atoms with Crippen LogP contribution in [0.4, 0.5) is 4.79 Å². The molecule has 0 aromatic heterocycles. The molecule has 2 amide bonds. The fourth-order valence-corrected chi connectivity index (χ4v) is 1.85. The van der Waals surface area contributed by atoms with Gasteiger partial charge in [0, 0.05) is 25.6 Å². The summed E-state index contributed by atoms with van der Waals surface area (Å²) in [4.78, 5) is 24.5. The molecule has 0 radical (unpaired) electrons. The van der Waals surface area contributed by atoms with Crippen LogP contribution < -0.4 is 5.32 Å². The van der Waals surface area contributed by atoms with E-state index in [1.807, 2.05) is 0 Å². The highest BCUT2D eigenvalue weighted by molar-refractivity contribution is 5.79. The van der Waals surface area contributed by atoms with Gasteiger partial charge in [-0.15, -0.1) is 0 Å². The summed E-state index contributed by atoms with van der Waals surface area (Å²) >= 11 is 0. The van der Waals surface area contributed by atoms with E-state index < -0.39 is 6.10 Å². The van der Waals surface area contributed by atoms with Gasteiger partial charge in [-0.05, 0) is 19.8 Å². The Kier molecular flexibility index (Phi) is 5.21. The number of nitrogens with one attached hydrogen (secondary N) is 1. The number of nitrogens with zero attached hydrogens (tertiary/aromatic N) is 1. The lowest BCUT2D eigenvalue weighted by molar-refractivity contribution is -0.126. The standard InChI is InChI=1S/C11H20N2O4/c1-8(14)7-12-10(15)9-3-5-13(6-4-9)11(16)17-2/h8-9,14H,3-7H2,1-2H3,(H,12,15)/t8-/m1/s1. The summed E-state index contributed by atoms with van der Waals surface area (Å²) in [6, 6.07) is 0. The average Bonchev–Trinajstić information content (AvgIpc) is 2.35. The van der Waals surface area contributed by atoms with Gasteiger partial charge in [0.25, 0.3) is 0 Å². The molecule has 0 bridgehead atoms. The highest BCUT2D eigenvalue weighted by Crippen LogP contribution is 2.17. The second kappa shape index (κ2) is 6.44. The van der Waals surface area contributed by atoms with Crippen LogP contribution in [0.3, 0.4) is 0 Å². The van der Waals surface area contributed by atoms with Crippen molar-refractivity contribution in [3.63, 3.8) is 0 Å². The van der Waals surface area contributed by atoms with Gasteiger partial charge in [0.15, 0.2) is 0 Å². The first-order valence-corrected chi connectivity index (χ1v) is 5.83. The van der Waals surface area contributed by atoms with Gasteiger partial charge in [-0.3, -0.25) is 4.79 Å². The Morgan fingerprint density at radius 2 is 2.06 bits per heavy atom. The van der Waals surface area contributed by atoms with Gasteiger partial charge in [-0.1, -0.05) is 0 Å². The molecule has 1 aliphatic rings. The summed E-state index contributed by atoms with van der Waals surface area (Å²) in [5.74, 6) is -0.120. The SMILES string of the molecule is COC(=O)N1CCC(C(=O)NC[C@@H](C)O)CC1. The Morgan fingerprint density at radius 1 is 1.47 bits per heavy atom. The maximum absolute atomic E-state index is 11.7. The van der Waals surface area contributed by atoms with Crippen LogP contribution in [0.15, 0.2) is 0 Å². The predicted octanol–water partition coefficient (Wildman–Crippen LogP) is -0.0382. The Labute approximate surface area is 101 Å². The lowest BCUT2D eigenvalue weighted by atomic mass is 9.96. The summed E-state index contributed by atoms with van der Waals surface area (Å²) < 4.78 is 4.62. The number of hydrogen-bond donors (Lipinski definition) is 2. The van der Waals surface area contributed by atoms with E-state index in [9.17, 15) is 9.59 Å². The van der Waals surface area contributed by atoms with Crippen LogP contribution in [0.2, 0.25) is 0 Å². The van der Waals surface area contributed by atoms with Crippen LogP contribution in [0, 0.1) is 5.92 Å². The van der Waals surface area contributed by atoms with E-state index in [2.05, 4.69) is 10.1 Å². The van der Waals surface area contributed by atoms with Crippen LogP contribution >= 0.6 is 0 Å². The number of aliphatic hydroxyl groups is 1. The number of carbonyl (C=O) groups is 2. The van der Waals surface area contributed by atoms with Gasteiger partial charge in [0.1, 0.15) is 0 Å². The van der Waals surface area contributed by atoms with E-state index in [0.29, 0.717) is 25.9 Å². The Morgan fingerprint density at radius 3 is 2.53 bits per heavy atom. The zero-order chi connectivity index (χ0) is 12.8. The maximum Gasteiger partial charge on any atom is 0.409 e. The summed E-state index contributed by atoms with van der Waals surface area (Å²) in [5, 5.41) is 11.7. The van der Waals surface area contributed by atoms with Crippen molar-refractivity contribution < 1.29 is 19.4 Å². The fourth-order valence-electron chi connectivity index (χ4n) is 1.85. The van der Waals surface area contributed by atoms with Gasteiger partial charge in [-0.2, -0.15) is 0 Å². The highest BCUT2D eigenvalue weighted by atomic mass is 16.5. The van der Waals surface area contributed by atoms with Gasteiger partial charge in [-0.25, -0.2) is 4.79 Å². The van der Waals surface area contributed by atoms with Crippen molar-refractivity contribution in [1.82, 2.24) is 10.2 Å². The predicted molar refractivity (Wildman–Crippen MR) is 61.4 cm³/mol. The molecule has 1 aliphatic heterocycles. The van der Waals surface area contributed by atoms with E-state index >= 15 is 0 Å². The first kappa shape index (κ1) is 13.8. The highest BCUT2D eigenvalue weighted by Gasteiger charge is 2.27. The quantitative estimate of drug-likeness (QED) is 0.730. The van der Waals surface area contributed by atoms with E-state index in [1.165, 1.54) is 7.11 Å². The van der Waals surface area contributed by atoms with Crippen molar-refractivity contribution >= 4 is 12.0 Å². The largest absolute Gasteiger partial charge is 0.453 e. The molecule has 6 nitrogen and oxygen atoms in total. The van der Waals surface area contributed by atoms with Crippen molar-refractivity contribution in [3.05, 3.63) is 0 Å². The first-order valence-electron chi connectivity index (χ1n) is 5.83. The molecule has 1 rings (SSSR count). The van der Waals surface area contributed by atoms with Crippen molar-refractivity contribution in [1.29, 1.82) is 0 Å². The number of hydrogen-bond acceptors (Lipinski definition) is 4. The molecule has 0 aromatic rings. The molecule has 1 saturated heterocycles. The molecular formula is C11H20N2O4. The number of ether oxygens (including phenoxy) is 1. The van der Waals surface area contributed by atoms with Crippen molar-refractivity contribution in [3.8, 4) is 0 Å². The van der Waals surface area contributed by atoms with Crippen LogP contribution in [0.1, 0.15) is 19.8 Å². The third-order valence-corrected chi connectivity index (χ3v) is 2.87. The molecule has 6 heteroatoms. The topological polar surface area (TPSA) is 78.9 Å². The third kappa shape index (κ3) is 4.22. The minimum atomic E-state index is -0.533. The van der Waals surface area contributed by atoms with Crippen LogP contribution in [-0.4, -0.2) is 54.9 Å². The first-order chi connectivity index (χ1) is 8.04. The fraction of sp³-hybridized carbons (Fsp3) is 0.818. The van der Waals surface area contributed by atoms with Crippen LogP contribution in [0.25, 0.3) is 0 Å². The minimum Gasteiger partial charge on any atom is -0.453 e. The number of amides is 2. The molecule has 0 spiro atoms. The van der Waals surface area contributed by atoms with Gasteiger partial charge >= 0.3 is 6.09 Å². The number of methoxy groups -OCH3 is 1. The number of rotatable bonds is 3. The van der Waals surface area contributed by atoms with Crippen molar-refractivity contribution in [2.45, 2.75) is 25.9 Å². The second-order valence-electron chi connectivity index (χ2n) is 4.33. The third-order valence-electron chi connectivity index (χ3n) is 2.87. The van der Waals surface area contributed by atoms with E-state index in [1.54, 1.807) is 11.8 Å². The smallest absolute Gasteiger partial charge is 0.409 e. The normalized spacial score (nSPS) is 18.6. The minimum absolute atomic E-state index is 0.0459. The lowest BCUT2D eigenvalue weighted by Gasteiger charge is -2.30. The Balaban J connectivity index is 2.31. The molecule has 0 saturated carbocycles.